The summed E-state index contributed by atoms with van der Waals surface area (Å²) in [6.45, 7) is 0. The van der Waals surface area contributed by atoms with E-state index in [1.807, 2.05) is 0 Å². The minimum absolute atomic E-state index is 0.280. The van der Waals surface area contributed by atoms with Gasteiger partial charge in [0.25, 0.3) is 0 Å². The van der Waals surface area contributed by atoms with E-state index < -0.39 is 6.30 Å². The lowest BCUT2D eigenvalue weighted by Crippen LogP contribution is -1.89. The number of isocyanates is 1. The summed E-state index contributed by atoms with van der Waals surface area (Å²) in [7, 11) is 1.48. The van der Waals surface area contributed by atoms with Gasteiger partial charge >= 0.3 is 0 Å². The zero-order chi connectivity index (χ0) is 9.68. The van der Waals surface area contributed by atoms with Gasteiger partial charge in [0.05, 0.1) is 7.11 Å². The Bertz CT molecular complexity index is 334. The second-order valence-electron chi connectivity index (χ2n) is 2.33. The quantitative estimate of drug-likeness (QED) is 0.406. The van der Waals surface area contributed by atoms with E-state index in [-0.39, 0.29) is 5.56 Å². The van der Waals surface area contributed by atoms with E-state index in [4.69, 9.17) is 4.74 Å². The fourth-order valence-electron chi connectivity index (χ4n) is 0.910. The van der Waals surface area contributed by atoms with Crippen molar-refractivity contribution in [2.45, 2.75) is 6.30 Å². The molecule has 68 valence electrons. The van der Waals surface area contributed by atoms with Gasteiger partial charge in [-0.3, -0.25) is 0 Å². The van der Waals surface area contributed by atoms with E-state index in [1.54, 1.807) is 12.1 Å². The maximum absolute atomic E-state index is 13.0. The van der Waals surface area contributed by atoms with Gasteiger partial charge < -0.3 is 4.74 Å². The van der Waals surface area contributed by atoms with Gasteiger partial charge in [-0.05, 0) is 12.1 Å². The zero-order valence-electron chi connectivity index (χ0n) is 7.03. The van der Waals surface area contributed by atoms with Gasteiger partial charge in [0.15, 0.2) is 0 Å². The van der Waals surface area contributed by atoms with Crippen LogP contribution in [-0.2, 0) is 4.79 Å². The molecule has 0 heterocycles. The molecule has 0 saturated carbocycles. The van der Waals surface area contributed by atoms with Crippen LogP contribution in [0.25, 0.3) is 0 Å². The molecule has 0 saturated heterocycles. The topological polar surface area (TPSA) is 38.7 Å². The number of alkyl halides is 1. The number of rotatable bonds is 3. The average molecular weight is 181 g/mol. The normalized spacial score (nSPS) is 11.5. The van der Waals surface area contributed by atoms with Crippen LogP contribution in [0, 0.1) is 0 Å². The van der Waals surface area contributed by atoms with Gasteiger partial charge in [-0.25, -0.2) is 9.18 Å². The fourth-order valence-corrected chi connectivity index (χ4v) is 0.910. The number of hydrogen-bond donors (Lipinski definition) is 0. The summed E-state index contributed by atoms with van der Waals surface area (Å²) in [5, 5.41) is 0. The molecule has 1 rings (SSSR count). The van der Waals surface area contributed by atoms with Crippen LogP contribution in [0.2, 0.25) is 0 Å². The van der Waals surface area contributed by atoms with Crippen LogP contribution >= 0.6 is 0 Å². The molecule has 0 spiro atoms. The van der Waals surface area contributed by atoms with Crippen molar-refractivity contribution < 1.29 is 13.9 Å². The predicted octanol–water partition coefficient (Wildman–Crippen LogP) is 2.00. The van der Waals surface area contributed by atoms with Gasteiger partial charge in [-0.2, -0.15) is 4.99 Å². The molecule has 0 fully saturated rings. The highest BCUT2D eigenvalue weighted by Crippen LogP contribution is 2.22. The third kappa shape index (κ3) is 2.39. The SMILES string of the molecule is COc1cccc(C(F)N=C=O)c1. The van der Waals surface area contributed by atoms with Crippen molar-refractivity contribution >= 4 is 6.08 Å². The van der Waals surface area contributed by atoms with Crippen molar-refractivity contribution in [2.24, 2.45) is 4.99 Å². The lowest BCUT2D eigenvalue weighted by molar-refractivity contribution is 0.353. The van der Waals surface area contributed by atoms with Crippen molar-refractivity contribution in [1.29, 1.82) is 0 Å². The first-order valence-electron chi connectivity index (χ1n) is 3.63. The Hall–Kier alpha value is -1.67. The van der Waals surface area contributed by atoms with Crippen LogP contribution in [0.4, 0.5) is 4.39 Å². The number of hydrogen-bond acceptors (Lipinski definition) is 3. The molecule has 0 bridgehead atoms. The van der Waals surface area contributed by atoms with Crippen LogP contribution in [0.15, 0.2) is 29.3 Å². The Labute approximate surface area is 74.9 Å². The van der Waals surface area contributed by atoms with Gasteiger partial charge in [0, 0.05) is 5.56 Å². The number of carbonyl (C=O) groups excluding carboxylic acids is 1. The third-order valence-electron chi connectivity index (χ3n) is 1.53. The molecule has 0 N–H and O–H groups in total. The number of ether oxygens (including phenoxy) is 1. The average Bonchev–Trinajstić information content (AvgIpc) is 2.18. The molecule has 1 aromatic rings. The molecular formula is C9H8FNO2. The molecule has 0 aliphatic carbocycles. The summed E-state index contributed by atoms with van der Waals surface area (Å²) < 4.78 is 17.8. The Morgan fingerprint density at radius 3 is 3.00 bits per heavy atom. The number of aliphatic imine (C=N–C) groups is 1. The van der Waals surface area contributed by atoms with Crippen molar-refractivity contribution in [3.05, 3.63) is 29.8 Å². The lowest BCUT2D eigenvalue weighted by atomic mass is 10.2. The molecule has 4 heteroatoms. The standard InChI is InChI=1S/C9H8FNO2/c1-13-8-4-2-3-7(5-8)9(10)11-6-12/h2-5,9H,1H3. The number of methoxy groups -OCH3 is 1. The Balaban J connectivity index is 2.94. The van der Waals surface area contributed by atoms with Crippen molar-refractivity contribution in [3.8, 4) is 5.75 Å². The maximum Gasteiger partial charge on any atom is 0.238 e. The summed E-state index contributed by atoms with van der Waals surface area (Å²) in [6, 6.07) is 6.31. The van der Waals surface area contributed by atoms with Gasteiger partial charge in [-0.15, -0.1) is 0 Å². The maximum atomic E-state index is 13.0. The van der Waals surface area contributed by atoms with Crippen molar-refractivity contribution in [2.75, 3.05) is 7.11 Å². The Morgan fingerprint density at radius 1 is 1.62 bits per heavy atom. The fraction of sp³-hybridized carbons (Fsp3) is 0.222. The minimum atomic E-state index is -1.66. The van der Waals surface area contributed by atoms with E-state index >= 15 is 0 Å². The van der Waals surface area contributed by atoms with E-state index in [0.717, 1.165) is 6.08 Å². The molecular weight excluding hydrogens is 173 g/mol. The molecule has 0 aliphatic rings. The molecule has 0 aliphatic heterocycles. The van der Waals surface area contributed by atoms with Crippen molar-refractivity contribution in [3.63, 3.8) is 0 Å². The van der Waals surface area contributed by atoms with Crippen LogP contribution < -0.4 is 4.74 Å². The van der Waals surface area contributed by atoms with Crippen LogP contribution in [-0.4, -0.2) is 13.2 Å². The highest BCUT2D eigenvalue weighted by Gasteiger charge is 2.07. The number of benzene rings is 1. The first kappa shape index (κ1) is 9.42. The summed E-state index contributed by atoms with van der Waals surface area (Å²) in [5.74, 6) is 0.529. The van der Waals surface area contributed by atoms with E-state index in [1.165, 1.54) is 19.2 Å². The van der Waals surface area contributed by atoms with Gasteiger partial charge in [0.2, 0.25) is 12.4 Å². The van der Waals surface area contributed by atoms with Gasteiger partial charge in [-0.1, -0.05) is 12.1 Å². The second-order valence-corrected chi connectivity index (χ2v) is 2.33. The largest absolute Gasteiger partial charge is 0.497 e. The van der Waals surface area contributed by atoms with Crippen LogP contribution in [0.5, 0.6) is 5.75 Å². The predicted molar refractivity (Wildman–Crippen MR) is 45.0 cm³/mol. The van der Waals surface area contributed by atoms with E-state index in [2.05, 4.69) is 4.99 Å². The summed E-state index contributed by atoms with van der Waals surface area (Å²) >= 11 is 0. The van der Waals surface area contributed by atoms with Crippen LogP contribution in [0.1, 0.15) is 11.9 Å². The molecule has 0 amide bonds. The molecule has 3 nitrogen and oxygen atoms in total. The number of nitrogens with zero attached hydrogens (tertiary/aromatic N) is 1. The number of halogens is 1. The minimum Gasteiger partial charge on any atom is -0.497 e. The summed E-state index contributed by atoms with van der Waals surface area (Å²) in [4.78, 5) is 12.7. The Kier molecular flexibility index (Phi) is 3.17. The first-order valence-corrected chi connectivity index (χ1v) is 3.63. The molecule has 1 unspecified atom stereocenters. The molecule has 1 aromatic carbocycles. The van der Waals surface area contributed by atoms with Gasteiger partial charge in [0.1, 0.15) is 5.75 Å². The van der Waals surface area contributed by atoms with E-state index in [0.29, 0.717) is 5.75 Å². The second kappa shape index (κ2) is 4.38. The third-order valence-corrected chi connectivity index (χ3v) is 1.53. The molecule has 1 atom stereocenters. The van der Waals surface area contributed by atoms with Crippen molar-refractivity contribution in [1.82, 2.24) is 0 Å². The molecule has 0 aromatic heterocycles. The molecule has 13 heavy (non-hydrogen) atoms. The highest BCUT2D eigenvalue weighted by molar-refractivity contribution is 5.36. The van der Waals surface area contributed by atoms with Crippen LogP contribution in [0.3, 0.4) is 0 Å². The van der Waals surface area contributed by atoms with E-state index in [9.17, 15) is 9.18 Å². The smallest absolute Gasteiger partial charge is 0.238 e. The summed E-state index contributed by atoms with van der Waals surface area (Å²) in [6.07, 6.45) is -0.497. The zero-order valence-corrected chi connectivity index (χ0v) is 7.03. The lowest BCUT2D eigenvalue weighted by Gasteiger charge is -2.03. The summed E-state index contributed by atoms with van der Waals surface area (Å²) in [5.41, 5.74) is 0.280. The highest BCUT2D eigenvalue weighted by atomic mass is 19.1. The molecule has 0 radical (unpaired) electrons. The first-order chi connectivity index (χ1) is 6.27. The Morgan fingerprint density at radius 2 is 2.38 bits per heavy atom. The monoisotopic (exact) mass is 181 g/mol.